The number of pyridine rings is 1. The Labute approximate surface area is 220 Å². The molecule has 5 rings (SSSR count). The summed E-state index contributed by atoms with van der Waals surface area (Å²) in [5.74, 6) is 1.53. The van der Waals surface area contributed by atoms with Gasteiger partial charge in [0.05, 0.1) is 5.56 Å². The number of piperazine rings is 1. The van der Waals surface area contributed by atoms with E-state index in [1.165, 1.54) is 12.4 Å². The summed E-state index contributed by atoms with van der Waals surface area (Å²) in [5, 5.41) is 10.6. The van der Waals surface area contributed by atoms with E-state index in [4.69, 9.17) is 4.74 Å². The minimum atomic E-state index is -0.365. The highest BCUT2D eigenvalue weighted by molar-refractivity contribution is 6.07. The molecule has 4 aromatic rings. The van der Waals surface area contributed by atoms with E-state index in [0.29, 0.717) is 46.5 Å². The highest BCUT2D eigenvalue weighted by atomic mass is 16.5. The van der Waals surface area contributed by atoms with Crippen molar-refractivity contribution in [3.8, 4) is 11.5 Å². The summed E-state index contributed by atoms with van der Waals surface area (Å²) in [7, 11) is 1.61. The molecule has 1 aliphatic rings. The largest absolute Gasteiger partial charge is 0.457 e. The third kappa shape index (κ3) is 5.55. The normalized spacial score (nSPS) is 17.2. The zero-order chi connectivity index (χ0) is 26.6. The Morgan fingerprint density at radius 3 is 2.42 bits per heavy atom. The fraction of sp³-hybridized carbons (Fsp3) is 0.250. The second kappa shape index (κ2) is 10.8. The Bertz CT molecular complexity index is 1470. The minimum Gasteiger partial charge on any atom is -0.457 e. The maximum Gasteiger partial charge on any atom is 0.259 e. The van der Waals surface area contributed by atoms with Crippen molar-refractivity contribution in [3.63, 3.8) is 0 Å². The van der Waals surface area contributed by atoms with E-state index in [-0.39, 0.29) is 11.8 Å². The van der Waals surface area contributed by atoms with Crippen LogP contribution in [0.4, 0.5) is 11.8 Å². The Balaban J connectivity index is 1.26. The molecule has 2 amide bonds. The number of nitrogens with zero attached hydrogens (tertiary/aromatic N) is 4. The average Bonchev–Trinajstić information content (AvgIpc) is 2.92. The Morgan fingerprint density at radius 1 is 0.947 bits per heavy atom. The standard InChI is InChI=1S/C28H29N7O3/c1-17-15-35(16-18(2)33-17)28-31-13-20(14-32-28)26(36)34-25-12-22(9-10-30-25)38-21-7-8-23-19(11-21)5-4-6-24(23)27(37)29-3/h4-14,17-18,33H,15-16H2,1-3H3,(H,29,37)(H,30,34,36). The highest BCUT2D eigenvalue weighted by Crippen LogP contribution is 2.28. The third-order valence-electron chi connectivity index (χ3n) is 6.27. The second-order valence-corrected chi connectivity index (χ2v) is 9.35. The molecule has 2 atom stereocenters. The molecule has 1 aliphatic heterocycles. The summed E-state index contributed by atoms with van der Waals surface area (Å²) in [6, 6.07) is 15.1. The number of benzene rings is 2. The first-order valence-corrected chi connectivity index (χ1v) is 12.4. The smallest absolute Gasteiger partial charge is 0.259 e. The first-order valence-electron chi connectivity index (χ1n) is 12.4. The van der Waals surface area contributed by atoms with Gasteiger partial charge in [0, 0.05) is 62.4 Å². The van der Waals surface area contributed by atoms with Crippen molar-refractivity contribution in [3.05, 3.63) is 78.2 Å². The van der Waals surface area contributed by atoms with Crippen LogP contribution in [0.2, 0.25) is 0 Å². The molecule has 0 saturated carbocycles. The molecule has 194 valence electrons. The molecule has 0 spiro atoms. The zero-order valence-electron chi connectivity index (χ0n) is 21.4. The van der Waals surface area contributed by atoms with Gasteiger partial charge in [0.15, 0.2) is 0 Å². The lowest BCUT2D eigenvalue weighted by Gasteiger charge is -2.36. The second-order valence-electron chi connectivity index (χ2n) is 9.35. The molecule has 3 N–H and O–H groups in total. The van der Waals surface area contributed by atoms with Gasteiger partial charge in [-0.15, -0.1) is 0 Å². The van der Waals surface area contributed by atoms with Crippen LogP contribution in [-0.4, -0.2) is 59.0 Å². The molecule has 0 radical (unpaired) electrons. The van der Waals surface area contributed by atoms with Crippen LogP contribution in [0.3, 0.4) is 0 Å². The number of nitrogens with one attached hydrogen (secondary N) is 3. The van der Waals surface area contributed by atoms with E-state index in [1.54, 1.807) is 37.5 Å². The topological polar surface area (TPSA) is 121 Å². The summed E-state index contributed by atoms with van der Waals surface area (Å²) in [6.45, 7) is 5.86. The van der Waals surface area contributed by atoms with E-state index in [2.05, 4.69) is 49.6 Å². The summed E-state index contributed by atoms with van der Waals surface area (Å²) >= 11 is 0. The molecule has 10 nitrogen and oxygen atoms in total. The number of hydrogen-bond donors (Lipinski definition) is 3. The Morgan fingerprint density at radius 2 is 1.68 bits per heavy atom. The monoisotopic (exact) mass is 511 g/mol. The van der Waals surface area contributed by atoms with Crippen LogP contribution >= 0.6 is 0 Å². The summed E-state index contributed by atoms with van der Waals surface area (Å²) in [5.41, 5.74) is 0.930. The Hall–Kier alpha value is -4.57. The fourth-order valence-electron chi connectivity index (χ4n) is 4.62. The number of hydrogen-bond acceptors (Lipinski definition) is 8. The first kappa shape index (κ1) is 25.1. The highest BCUT2D eigenvalue weighted by Gasteiger charge is 2.23. The molecule has 0 bridgehead atoms. The lowest BCUT2D eigenvalue weighted by atomic mass is 10.0. The minimum absolute atomic E-state index is 0.146. The van der Waals surface area contributed by atoms with Crippen molar-refractivity contribution in [1.29, 1.82) is 0 Å². The molecule has 2 unspecified atom stereocenters. The predicted octanol–water partition coefficient (Wildman–Crippen LogP) is 3.62. The SMILES string of the molecule is CNC(=O)c1cccc2cc(Oc3ccnc(NC(=O)c4cnc(N5CC(C)NC(C)C5)nc4)c3)ccc12. The lowest BCUT2D eigenvalue weighted by molar-refractivity contribution is 0.0963. The predicted molar refractivity (Wildman–Crippen MR) is 146 cm³/mol. The summed E-state index contributed by atoms with van der Waals surface area (Å²) in [6.07, 6.45) is 4.61. The van der Waals surface area contributed by atoms with Crippen LogP contribution in [-0.2, 0) is 0 Å². The van der Waals surface area contributed by atoms with E-state index in [9.17, 15) is 9.59 Å². The molecule has 10 heteroatoms. The number of anilines is 2. The molecule has 3 heterocycles. The van der Waals surface area contributed by atoms with Crippen LogP contribution in [0.5, 0.6) is 11.5 Å². The fourth-order valence-corrected chi connectivity index (χ4v) is 4.62. The van der Waals surface area contributed by atoms with E-state index >= 15 is 0 Å². The maximum absolute atomic E-state index is 12.8. The number of carbonyl (C=O) groups excluding carboxylic acids is 2. The molecular weight excluding hydrogens is 482 g/mol. The summed E-state index contributed by atoms with van der Waals surface area (Å²) < 4.78 is 6.01. The van der Waals surface area contributed by atoms with Crippen molar-refractivity contribution in [2.24, 2.45) is 0 Å². The van der Waals surface area contributed by atoms with Gasteiger partial charge < -0.3 is 25.6 Å². The molecule has 2 aromatic carbocycles. The number of aromatic nitrogens is 3. The van der Waals surface area contributed by atoms with Gasteiger partial charge in [0.1, 0.15) is 17.3 Å². The molecule has 2 aromatic heterocycles. The number of rotatable bonds is 6. The number of carbonyl (C=O) groups is 2. The van der Waals surface area contributed by atoms with Crippen molar-refractivity contribution >= 4 is 34.4 Å². The number of fused-ring (bicyclic) bond motifs is 1. The molecule has 38 heavy (non-hydrogen) atoms. The van der Waals surface area contributed by atoms with Crippen molar-refractivity contribution in [1.82, 2.24) is 25.6 Å². The van der Waals surface area contributed by atoms with Crippen molar-refractivity contribution in [2.45, 2.75) is 25.9 Å². The van der Waals surface area contributed by atoms with Crippen LogP contribution in [0.1, 0.15) is 34.6 Å². The average molecular weight is 512 g/mol. The van der Waals surface area contributed by atoms with Crippen LogP contribution < -0.4 is 25.6 Å². The van der Waals surface area contributed by atoms with E-state index in [1.807, 2.05) is 24.3 Å². The molecular formula is C28H29N7O3. The zero-order valence-corrected chi connectivity index (χ0v) is 21.4. The van der Waals surface area contributed by atoms with Crippen molar-refractivity contribution in [2.75, 3.05) is 30.4 Å². The van der Waals surface area contributed by atoms with Gasteiger partial charge in [-0.2, -0.15) is 0 Å². The van der Waals surface area contributed by atoms with Gasteiger partial charge >= 0.3 is 0 Å². The molecule has 0 aliphatic carbocycles. The van der Waals surface area contributed by atoms with Crippen LogP contribution in [0.25, 0.3) is 10.8 Å². The number of amides is 2. The van der Waals surface area contributed by atoms with Crippen molar-refractivity contribution < 1.29 is 14.3 Å². The first-order chi connectivity index (χ1) is 18.4. The number of ether oxygens (including phenoxy) is 1. The van der Waals surface area contributed by atoms with Gasteiger partial charge in [0.2, 0.25) is 5.95 Å². The van der Waals surface area contributed by atoms with Crippen LogP contribution in [0, 0.1) is 0 Å². The quantitative estimate of drug-likeness (QED) is 0.359. The Kier molecular flexibility index (Phi) is 7.14. The molecule has 1 saturated heterocycles. The maximum atomic E-state index is 12.8. The van der Waals surface area contributed by atoms with Gasteiger partial charge in [-0.3, -0.25) is 9.59 Å². The van der Waals surface area contributed by atoms with Gasteiger partial charge in [-0.05, 0) is 55.0 Å². The van der Waals surface area contributed by atoms with Gasteiger partial charge in [-0.1, -0.05) is 12.1 Å². The van der Waals surface area contributed by atoms with E-state index < -0.39 is 0 Å². The van der Waals surface area contributed by atoms with Gasteiger partial charge in [0.25, 0.3) is 11.8 Å². The van der Waals surface area contributed by atoms with E-state index in [0.717, 1.165) is 23.9 Å². The lowest BCUT2D eigenvalue weighted by Crippen LogP contribution is -2.54. The third-order valence-corrected chi connectivity index (χ3v) is 6.27. The molecule has 1 fully saturated rings. The van der Waals surface area contributed by atoms with Gasteiger partial charge in [-0.25, -0.2) is 15.0 Å². The van der Waals surface area contributed by atoms with Crippen LogP contribution in [0.15, 0.2) is 67.1 Å². The summed E-state index contributed by atoms with van der Waals surface area (Å²) in [4.78, 5) is 40.1.